The van der Waals surface area contributed by atoms with Gasteiger partial charge in [-0.1, -0.05) is 0 Å². The van der Waals surface area contributed by atoms with E-state index in [1.807, 2.05) is 0 Å². The molecule has 0 radical (unpaired) electrons. The third-order valence-corrected chi connectivity index (χ3v) is 2.84. The first kappa shape index (κ1) is 13.3. The van der Waals surface area contributed by atoms with E-state index in [1.165, 1.54) is 21.3 Å². The van der Waals surface area contributed by atoms with Crippen molar-refractivity contribution in [3.05, 3.63) is 12.1 Å². The molecule has 19 heavy (non-hydrogen) atoms. The number of hydrogen-bond acceptors (Lipinski definition) is 4. The summed E-state index contributed by atoms with van der Waals surface area (Å²) in [5.41, 5.74) is 0.590. The van der Waals surface area contributed by atoms with Crippen molar-refractivity contribution < 1.29 is 19.0 Å². The number of methoxy groups -OCH3 is 3. The van der Waals surface area contributed by atoms with Crippen LogP contribution >= 0.6 is 0 Å². The zero-order chi connectivity index (χ0) is 13.8. The summed E-state index contributed by atoms with van der Waals surface area (Å²) in [4.78, 5) is 11.7. The SMILES string of the molecule is COc1cc(NC(=O)NC2CC2)cc(OC)c1OC. The van der Waals surface area contributed by atoms with Crippen molar-refractivity contribution >= 4 is 11.7 Å². The molecule has 1 saturated carbocycles. The van der Waals surface area contributed by atoms with Crippen LogP contribution in [0.15, 0.2) is 12.1 Å². The van der Waals surface area contributed by atoms with Crippen LogP contribution in [0.25, 0.3) is 0 Å². The summed E-state index contributed by atoms with van der Waals surface area (Å²) in [6, 6.07) is 3.46. The Bertz CT molecular complexity index is 447. The monoisotopic (exact) mass is 266 g/mol. The van der Waals surface area contributed by atoms with Crippen LogP contribution in [-0.4, -0.2) is 33.4 Å². The van der Waals surface area contributed by atoms with E-state index in [2.05, 4.69) is 10.6 Å². The Morgan fingerprint density at radius 1 is 1.11 bits per heavy atom. The van der Waals surface area contributed by atoms with Crippen molar-refractivity contribution in [3.63, 3.8) is 0 Å². The molecule has 104 valence electrons. The maximum absolute atomic E-state index is 11.7. The number of nitrogens with one attached hydrogen (secondary N) is 2. The van der Waals surface area contributed by atoms with Crippen molar-refractivity contribution in [1.82, 2.24) is 5.32 Å². The summed E-state index contributed by atoms with van der Waals surface area (Å²) in [5, 5.41) is 5.59. The molecule has 0 bridgehead atoms. The average Bonchev–Trinajstić information content (AvgIpc) is 3.21. The minimum Gasteiger partial charge on any atom is -0.493 e. The molecule has 0 aliphatic heterocycles. The molecular formula is C13H18N2O4. The van der Waals surface area contributed by atoms with Crippen LogP contribution < -0.4 is 24.8 Å². The molecule has 1 aromatic rings. The summed E-state index contributed by atoms with van der Waals surface area (Å²) in [7, 11) is 4.60. The van der Waals surface area contributed by atoms with Crippen molar-refractivity contribution in [2.24, 2.45) is 0 Å². The number of amides is 2. The van der Waals surface area contributed by atoms with Gasteiger partial charge in [0.05, 0.1) is 27.0 Å². The Balaban J connectivity index is 2.17. The lowest BCUT2D eigenvalue weighted by molar-refractivity contribution is 0.251. The van der Waals surface area contributed by atoms with Crippen molar-refractivity contribution in [2.75, 3.05) is 26.6 Å². The van der Waals surface area contributed by atoms with Gasteiger partial charge in [0, 0.05) is 18.2 Å². The molecule has 1 aliphatic rings. The molecule has 2 N–H and O–H groups in total. The van der Waals surface area contributed by atoms with Gasteiger partial charge in [-0.25, -0.2) is 4.79 Å². The summed E-state index contributed by atoms with van der Waals surface area (Å²) in [6.45, 7) is 0. The standard InChI is InChI=1S/C13H18N2O4/c1-17-10-6-9(7-11(18-2)12(10)19-3)15-13(16)14-8-4-5-8/h6-8H,4-5H2,1-3H3,(H2,14,15,16). The smallest absolute Gasteiger partial charge is 0.319 e. The fourth-order valence-corrected chi connectivity index (χ4v) is 1.73. The summed E-state index contributed by atoms with van der Waals surface area (Å²) >= 11 is 0. The van der Waals surface area contributed by atoms with Crippen LogP contribution in [0.2, 0.25) is 0 Å². The molecule has 0 atom stereocenters. The minimum absolute atomic E-state index is 0.225. The van der Waals surface area contributed by atoms with Crippen LogP contribution in [0.3, 0.4) is 0 Å². The van der Waals surface area contributed by atoms with Crippen molar-refractivity contribution in [2.45, 2.75) is 18.9 Å². The number of benzene rings is 1. The lowest BCUT2D eigenvalue weighted by atomic mass is 10.2. The van der Waals surface area contributed by atoms with E-state index >= 15 is 0 Å². The average molecular weight is 266 g/mol. The number of carbonyl (C=O) groups is 1. The van der Waals surface area contributed by atoms with Crippen LogP contribution in [0.1, 0.15) is 12.8 Å². The largest absolute Gasteiger partial charge is 0.493 e. The first-order valence-corrected chi connectivity index (χ1v) is 6.05. The molecule has 1 aromatic carbocycles. The molecule has 6 nitrogen and oxygen atoms in total. The van der Waals surface area contributed by atoms with Crippen LogP contribution in [0, 0.1) is 0 Å². The summed E-state index contributed by atoms with van der Waals surface area (Å²) in [6.07, 6.45) is 2.09. The minimum atomic E-state index is -0.225. The molecule has 0 spiro atoms. The molecule has 0 heterocycles. The van der Waals surface area contributed by atoms with E-state index in [4.69, 9.17) is 14.2 Å². The molecule has 1 fully saturated rings. The predicted octanol–water partition coefficient (Wildman–Crippen LogP) is 2.00. The lowest BCUT2D eigenvalue weighted by Crippen LogP contribution is -2.30. The lowest BCUT2D eigenvalue weighted by Gasteiger charge is -2.14. The van der Waals surface area contributed by atoms with E-state index in [0.29, 0.717) is 29.0 Å². The Morgan fingerprint density at radius 2 is 1.68 bits per heavy atom. The Kier molecular flexibility index (Phi) is 3.99. The van der Waals surface area contributed by atoms with Crippen LogP contribution in [0.5, 0.6) is 17.2 Å². The second-order valence-electron chi connectivity index (χ2n) is 4.29. The fourth-order valence-electron chi connectivity index (χ4n) is 1.73. The third-order valence-electron chi connectivity index (χ3n) is 2.84. The second kappa shape index (κ2) is 5.69. The topological polar surface area (TPSA) is 68.8 Å². The highest BCUT2D eigenvalue weighted by molar-refractivity contribution is 5.90. The molecule has 0 unspecified atom stereocenters. The molecular weight excluding hydrogens is 248 g/mol. The quantitative estimate of drug-likeness (QED) is 0.855. The van der Waals surface area contributed by atoms with E-state index in [1.54, 1.807) is 12.1 Å². The summed E-state index contributed by atoms with van der Waals surface area (Å²) < 4.78 is 15.6. The number of urea groups is 1. The van der Waals surface area contributed by atoms with E-state index in [-0.39, 0.29) is 6.03 Å². The van der Waals surface area contributed by atoms with Gasteiger partial charge in [-0.05, 0) is 12.8 Å². The van der Waals surface area contributed by atoms with Gasteiger partial charge in [0.1, 0.15) is 0 Å². The van der Waals surface area contributed by atoms with E-state index in [9.17, 15) is 4.79 Å². The zero-order valence-electron chi connectivity index (χ0n) is 11.3. The van der Waals surface area contributed by atoms with Crippen LogP contribution in [0.4, 0.5) is 10.5 Å². The molecule has 0 saturated heterocycles. The number of hydrogen-bond donors (Lipinski definition) is 2. The van der Waals surface area contributed by atoms with E-state index in [0.717, 1.165) is 12.8 Å². The van der Waals surface area contributed by atoms with Gasteiger partial charge in [0.15, 0.2) is 11.5 Å². The highest BCUT2D eigenvalue weighted by Gasteiger charge is 2.23. The number of ether oxygens (including phenoxy) is 3. The molecule has 2 rings (SSSR count). The van der Waals surface area contributed by atoms with Crippen molar-refractivity contribution in [3.8, 4) is 17.2 Å². The van der Waals surface area contributed by atoms with Gasteiger partial charge >= 0.3 is 6.03 Å². The Morgan fingerprint density at radius 3 is 2.11 bits per heavy atom. The van der Waals surface area contributed by atoms with E-state index < -0.39 is 0 Å². The van der Waals surface area contributed by atoms with Gasteiger partial charge in [-0.3, -0.25) is 0 Å². The third kappa shape index (κ3) is 3.21. The normalized spacial score (nSPS) is 13.6. The highest BCUT2D eigenvalue weighted by atomic mass is 16.5. The number of anilines is 1. The van der Waals surface area contributed by atoms with Crippen LogP contribution in [-0.2, 0) is 0 Å². The highest BCUT2D eigenvalue weighted by Crippen LogP contribution is 2.39. The molecule has 2 amide bonds. The van der Waals surface area contributed by atoms with Gasteiger partial charge in [-0.2, -0.15) is 0 Å². The molecule has 1 aliphatic carbocycles. The molecule has 6 heteroatoms. The van der Waals surface area contributed by atoms with Gasteiger partial charge in [0.25, 0.3) is 0 Å². The molecule has 0 aromatic heterocycles. The van der Waals surface area contributed by atoms with Gasteiger partial charge in [-0.15, -0.1) is 0 Å². The van der Waals surface area contributed by atoms with Gasteiger partial charge < -0.3 is 24.8 Å². The van der Waals surface area contributed by atoms with Crippen molar-refractivity contribution in [1.29, 1.82) is 0 Å². The Labute approximate surface area is 112 Å². The first-order valence-electron chi connectivity index (χ1n) is 6.05. The number of rotatable bonds is 5. The predicted molar refractivity (Wildman–Crippen MR) is 71.3 cm³/mol. The first-order chi connectivity index (χ1) is 9.17. The number of carbonyl (C=O) groups excluding carboxylic acids is 1. The van der Waals surface area contributed by atoms with Gasteiger partial charge in [0.2, 0.25) is 5.75 Å². The Hall–Kier alpha value is -2.11. The second-order valence-corrected chi connectivity index (χ2v) is 4.29. The maximum Gasteiger partial charge on any atom is 0.319 e. The zero-order valence-corrected chi connectivity index (χ0v) is 11.3. The fraction of sp³-hybridized carbons (Fsp3) is 0.462. The summed E-state index contributed by atoms with van der Waals surface area (Å²) in [5.74, 6) is 1.50. The maximum atomic E-state index is 11.7.